The highest BCUT2D eigenvalue weighted by molar-refractivity contribution is 5.18. The second-order valence-electron chi connectivity index (χ2n) is 2.39. The van der Waals surface area contributed by atoms with Crippen LogP contribution in [0.25, 0.3) is 0 Å². The molecule has 10 heavy (non-hydrogen) atoms. The van der Waals surface area contributed by atoms with Crippen molar-refractivity contribution in [3.8, 4) is 0 Å². The van der Waals surface area contributed by atoms with Gasteiger partial charge in [-0.3, -0.25) is 0 Å². The fourth-order valence-corrected chi connectivity index (χ4v) is 1.01. The first-order valence-electron chi connectivity index (χ1n) is 3.47. The minimum atomic E-state index is -0.648. The first-order valence-corrected chi connectivity index (χ1v) is 3.47. The molecule has 0 bridgehead atoms. The Bertz CT molecular complexity index is 159. The van der Waals surface area contributed by atoms with E-state index in [4.69, 9.17) is 10.2 Å². The van der Waals surface area contributed by atoms with Gasteiger partial charge in [0.25, 0.3) is 0 Å². The van der Waals surface area contributed by atoms with E-state index in [1.54, 1.807) is 0 Å². The molecule has 0 saturated heterocycles. The van der Waals surface area contributed by atoms with Crippen LogP contribution in [-0.4, -0.2) is 22.9 Å². The van der Waals surface area contributed by atoms with E-state index in [2.05, 4.69) is 0 Å². The molecule has 1 unspecified atom stereocenters. The van der Waals surface area contributed by atoms with E-state index in [1.165, 1.54) is 0 Å². The average Bonchev–Trinajstić information content (AvgIpc) is 2.05. The molecule has 2 heteroatoms. The highest BCUT2D eigenvalue weighted by atomic mass is 16.3. The van der Waals surface area contributed by atoms with Crippen LogP contribution >= 0.6 is 0 Å². The zero-order valence-corrected chi connectivity index (χ0v) is 5.83. The maximum Gasteiger partial charge on any atom is 0.0983 e. The van der Waals surface area contributed by atoms with Crippen LogP contribution in [0.4, 0.5) is 0 Å². The molecule has 1 rings (SSSR count). The van der Waals surface area contributed by atoms with Crippen LogP contribution in [0.3, 0.4) is 0 Å². The predicted molar refractivity (Wildman–Crippen MR) is 39.5 cm³/mol. The lowest BCUT2D eigenvalue weighted by Gasteiger charge is -2.12. The Labute approximate surface area is 60.5 Å². The van der Waals surface area contributed by atoms with Gasteiger partial charge >= 0.3 is 0 Å². The Hall–Kier alpha value is -0.600. The van der Waals surface area contributed by atoms with Crippen molar-refractivity contribution in [2.45, 2.75) is 18.9 Å². The third-order valence-corrected chi connectivity index (χ3v) is 1.64. The molecule has 1 atom stereocenters. The van der Waals surface area contributed by atoms with E-state index in [0.29, 0.717) is 0 Å². The van der Waals surface area contributed by atoms with Gasteiger partial charge in [0.2, 0.25) is 0 Å². The van der Waals surface area contributed by atoms with E-state index in [-0.39, 0.29) is 6.61 Å². The van der Waals surface area contributed by atoms with Crippen LogP contribution in [0.5, 0.6) is 0 Å². The Morgan fingerprint density at radius 1 is 1.50 bits per heavy atom. The summed E-state index contributed by atoms with van der Waals surface area (Å²) in [6.07, 6.45) is 7.03. The van der Waals surface area contributed by atoms with E-state index in [9.17, 15) is 0 Å². The van der Waals surface area contributed by atoms with Gasteiger partial charge in [0.1, 0.15) is 0 Å². The van der Waals surface area contributed by atoms with Gasteiger partial charge in [0.15, 0.2) is 0 Å². The van der Waals surface area contributed by atoms with E-state index in [0.717, 1.165) is 18.4 Å². The van der Waals surface area contributed by atoms with Crippen molar-refractivity contribution in [3.05, 3.63) is 23.8 Å². The van der Waals surface area contributed by atoms with Crippen molar-refractivity contribution >= 4 is 0 Å². The molecule has 1 aliphatic rings. The van der Waals surface area contributed by atoms with Crippen molar-refractivity contribution in [1.29, 1.82) is 0 Å². The third kappa shape index (κ3) is 1.69. The topological polar surface area (TPSA) is 40.5 Å². The van der Waals surface area contributed by atoms with Gasteiger partial charge < -0.3 is 10.2 Å². The molecule has 0 aliphatic heterocycles. The highest BCUT2D eigenvalue weighted by Crippen LogP contribution is 2.14. The summed E-state index contributed by atoms with van der Waals surface area (Å²) in [4.78, 5) is 0. The summed E-state index contributed by atoms with van der Waals surface area (Å²) >= 11 is 0. The number of hydrogen-bond donors (Lipinski definition) is 2. The molecule has 1 aliphatic carbocycles. The number of allylic oxidation sites excluding steroid dienone is 3. The Kier molecular flexibility index (Phi) is 2.66. The van der Waals surface area contributed by atoms with Crippen molar-refractivity contribution in [2.24, 2.45) is 0 Å². The van der Waals surface area contributed by atoms with Gasteiger partial charge in [0, 0.05) is 0 Å². The molecule has 2 N–H and O–H groups in total. The fraction of sp³-hybridized carbons (Fsp3) is 0.500. The molecule has 0 heterocycles. The molecule has 0 spiro atoms. The molecule has 0 radical (unpaired) electrons. The van der Waals surface area contributed by atoms with Crippen LogP contribution in [-0.2, 0) is 0 Å². The first kappa shape index (κ1) is 7.51. The summed E-state index contributed by atoms with van der Waals surface area (Å²) in [5.41, 5.74) is 0.935. The van der Waals surface area contributed by atoms with Gasteiger partial charge in [-0.15, -0.1) is 0 Å². The third-order valence-electron chi connectivity index (χ3n) is 1.64. The van der Waals surface area contributed by atoms with Crippen LogP contribution in [0.1, 0.15) is 12.8 Å². The Balaban J connectivity index is 2.47. The van der Waals surface area contributed by atoms with E-state index in [1.807, 2.05) is 18.2 Å². The summed E-state index contributed by atoms with van der Waals surface area (Å²) < 4.78 is 0. The van der Waals surface area contributed by atoms with Crippen molar-refractivity contribution in [2.75, 3.05) is 6.61 Å². The molecule has 0 saturated carbocycles. The average molecular weight is 140 g/mol. The van der Waals surface area contributed by atoms with E-state index >= 15 is 0 Å². The minimum absolute atomic E-state index is 0.167. The smallest absolute Gasteiger partial charge is 0.0983 e. The van der Waals surface area contributed by atoms with Crippen LogP contribution in [0.15, 0.2) is 23.8 Å². The monoisotopic (exact) mass is 140 g/mol. The van der Waals surface area contributed by atoms with Crippen LogP contribution in [0, 0.1) is 0 Å². The summed E-state index contributed by atoms with van der Waals surface area (Å²) in [5.74, 6) is 0. The number of hydrogen-bond acceptors (Lipinski definition) is 2. The summed E-state index contributed by atoms with van der Waals surface area (Å²) in [5, 5.41) is 17.7. The predicted octanol–water partition coefficient (Wildman–Crippen LogP) is 0.616. The van der Waals surface area contributed by atoms with Gasteiger partial charge in [-0.1, -0.05) is 18.2 Å². The lowest BCUT2D eigenvalue weighted by Crippen LogP contribution is -2.15. The van der Waals surface area contributed by atoms with Crippen molar-refractivity contribution in [3.63, 3.8) is 0 Å². The van der Waals surface area contributed by atoms with Crippen LogP contribution in [0.2, 0.25) is 0 Å². The molecule has 56 valence electrons. The first-order chi connectivity index (χ1) is 4.84. The second kappa shape index (κ2) is 3.54. The normalized spacial score (nSPS) is 20.4. The molecule has 0 amide bonds. The van der Waals surface area contributed by atoms with Crippen LogP contribution < -0.4 is 0 Å². The lowest BCUT2D eigenvalue weighted by molar-refractivity contribution is 0.120. The molecule has 0 aromatic rings. The van der Waals surface area contributed by atoms with Crippen molar-refractivity contribution < 1.29 is 10.2 Å². The summed E-state index contributed by atoms with van der Waals surface area (Å²) in [6, 6.07) is 0. The largest absolute Gasteiger partial charge is 0.393 e. The molecular weight excluding hydrogens is 128 g/mol. The number of aliphatic hydroxyl groups is 2. The SMILES string of the molecule is OCC(O)C1=CCC=CC1. The summed E-state index contributed by atoms with van der Waals surface area (Å²) in [6.45, 7) is -0.167. The maximum absolute atomic E-state index is 9.13. The van der Waals surface area contributed by atoms with Gasteiger partial charge in [-0.05, 0) is 18.4 Å². The zero-order chi connectivity index (χ0) is 7.40. The Morgan fingerprint density at radius 3 is 2.80 bits per heavy atom. The zero-order valence-electron chi connectivity index (χ0n) is 5.83. The molecular formula is C8H12O2. The number of rotatable bonds is 2. The lowest BCUT2D eigenvalue weighted by atomic mass is 10.0. The quantitative estimate of drug-likeness (QED) is 0.552. The van der Waals surface area contributed by atoms with Gasteiger partial charge in [-0.25, -0.2) is 0 Å². The van der Waals surface area contributed by atoms with Crippen molar-refractivity contribution in [1.82, 2.24) is 0 Å². The van der Waals surface area contributed by atoms with Gasteiger partial charge in [0.05, 0.1) is 12.7 Å². The molecule has 0 fully saturated rings. The molecule has 0 aromatic carbocycles. The Morgan fingerprint density at radius 2 is 2.30 bits per heavy atom. The fourth-order valence-electron chi connectivity index (χ4n) is 1.01. The number of aliphatic hydroxyl groups excluding tert-OH is 2. The van der Waals surface area contributed by atoms with E-state index < -0.39 is 6.10 Å². The summed E-state index contributed by atoms with van der Waals surface area (Å²) in [7, 11) is 0. The molecule has 0 aromatic heterocycles. The second-order valence-corrected chi connectivity index (χ2v) is 2.39. The van der Waals surface area contributed by atoms with Gasteiger partial charge in [-0.2, -0.15) is 0 Å². The minimum Gasteiger partial charge on any atom is -0.393 e. The maximum atomic E-state index is 9.13. The standard InChI is InChI=1S/C8H12O2/c9-6-8(10)7-4-2-1-3-5-7/h1-2,5,8-10H,3-4,6H2. The highest BCUT2D eigenvalue weighted by Gasteiger charge is 2.08. The molecule has 2 nitrogen and oxygen atoms in total.